The van der Waals surface area contributed by atoms with Crippen LogP contribution in [0.5, 0.6) is 0 Å². The lowest BCUT2D eigenvalue weighted by Crippen LogP contribution is -2.49. The summed E-state index contributed by atoms with van der Waals surface area (Å²) in [6.45, 7) is 15.6. The molecule has 0 aliphatic carbocycles. The fourth-order valence-electron chi connectivity index (χ4n) is 2.92. The van der Waals surface area contributed by atoms with Crippen molar-refractivity contribution in [2.45, 2.75) is 59.2 Å². The molecule has 1 aliphatic rings. The van der Waals surface area contributed by atoms with Gasteiger partial charge in [0.15, 0.2) is 5.96 Å². The van der Waals surface area contributed by atoms with Crippen LogP contribution >= 0.6 is 24.0 Å². The summed E-state index contributed by atoms with van der Waals surface area (Å²) in [5.74, 6) is 1.28. The summed E-state index contributed by atoms with van der Waals surface area (Å²) < 4.78 is 25.5. The van der Waals surface area contributed by atoms with Crippen molar-refractivity contribution in [3.05, 3.63) is 0 Å². The molecule has 0 aromatic rings. The van der Waals surface area contributed by atoms with Gasteiger partial charge >= 0.3 is 0 Å². The predicted octanol–water partition coefficient (Wildman–Crippen LogP) is 1.22. The molecule has 7 nitrogen and oxygen atoms in total. The topological polar surface area (TPSA) is 85.8 Å². The second-order valence-corrected chi connectivity index (χ2v) is 9.48. The van der Waals surface area contributed by atoms with Gasteiger partial charge in [0.1, 0.15) is 0 Å². The molecule has 0 saturated carbocycles. The average Bonchev–Trinajstić information content (AvgIpc) is 2.75. The number of sulfonamides is 1. The highest BCUT2D eigenvalue weighted by Gasteiger charge is 2.31. The third-order valence-corrected chi connectivity index (χ3v) is 5.05. The minimum absolute atomic E-state index is 0. The van der Waals surface area contributed by atoms with E-state index in [1.165, 1.54) is 6.26 Å². The molecule has 150 valence electrons. The smallest absolute Gasteiger partial charge is 0.209 e. The van der Waals surface area contributed by atoms with Gasteiger partial charge in [-0.05, 0) is 40.5 Å². The SMILES string of the molecule is CCNC(=NCC(C)(C)NS(C)(=O)=O)NC1CN(C(C)C)CC1C.I. The van der Waals surface area contributed by atoms with Gasteiger partial charge in [-0.25, -0.2) is 13.1 Å². The van der Waals surface area contributed by atoms with Crippen LogP contribution in [0.25, 0.3) is 0 Å². The van der Waals surface area contributed by atoms with Crippen LogP contribution in [-0.2, 0) is 10.0 Å². The summed E-state index contributed by atoms with van der Waals surface area (Å²) in [4.78, 5) is 7.05. The Labute approximate surface area is 170 Å². The zero-order valence-electron chi connectivity index (χ0n) is 16.6. The molecule has 1 fully saturated rings. The first-order valence-electron chi connectivity index (χ1n) is 8.71. The van der Waals surface area contributed by atoms with Gasteiger partial charge in [-0.3, -0.25) is 9.89 Å². The molecule has 25 heavy (non-hydrogen) atoms. The number of halogens is 1. The Morgan fingerprint density at radius 2 is 1.92 bits per heavy atom. The average molecular weight is 489 g/mol. The minimum Gasteiger partial charge on any atom is -0.357 e. The van der Waals surface area contributed by atoms with Gasteiger partial charge in [0.2, 0.25) is 10.0 Å². The summed E-state index contributed by atoms with van der Waals surface area (Å²) in [6.07, 6.45) is 1.17. The lowest BCUT2D eigenvalue weighted by atomic mass is 10.1. The van der Waals surface area contributed by atoms with E-state index < -0.39 is 15.6 Å². The van der Waals surface area contributed by atoms with Gasteiger partial charge in [0, 0.05) is 37.3 Å². The first-order chi connectivity index (χ1) is 10.9. The number of rotatable bonds is 7. The molecule has 0 aromatic carbocycles. The van der Waals surface area contributed by atoms with E-state index in [1.54, 1.807) is 0 Å². The largest absolute Gasteiger partial charge is 0.357 e. The highest BCUT2D eigenvalue weighted by atomic mass is 127. The normalized spacial score (nSPS) is 22.8. The van der Waals surface area contributed by atoms with Crippen molar-refractivity contribution in [2.75, 3.05) is 32.4 Å². The Morgan fingerprint density at radius 1 is 1.32 bits per heavy atom. The molecule has 1 heterocycles. The van der Waals surface area contributed by atoms with E-state index in [4.69, 9.17) is 0 Å². The molecule has 2 atom stereocenters. The van der Waals surface area contributed by atoms with Crippen LogP contribution in [0.15, 0.2) is 4.99 Å². The third kappa shape index (κ3) is 9.39. The number of likely N-dealkylation sites (tertiary alicyclic amines) is 1. The monoisotopic (exact) mass is 489 g/mol. The van der Waals surface area contributed by atoms with E-state index in [2.05, 4.69) is 46.0 Å². The highest BCUT2D eigenvalue weighted by molar-refractivity contribution is 14.0. The minimum atomic E-state index is -3.26. The van der Waals surface area contributed by atoms with E-state index in [-0.39, 0.29) is 24.0 Å². The van der Waals surface area contributed by atoms with Crippen molar-refractivity contribution in [1.29, 1.82) is 0 Å². The molecular weight excluding hydrogens is 453 g/mol. The molecule has 0 bridgehead atoms. The molecule has 1 saturated heterocycles. The third-order valence-electron chi connectivity index (χ3n) is 4.13. The molecule has 0 radical (unpaired) electrons. The van der Waals surface area contributed by atoms with Crippen molar-refractivity contribution in [2.24, 2.45) is 10.9 Å². The number of nitrogens with one attached hydrogen (secondary N) is 3. The van der Waals surface area contributed by atoms with E-state index >= 15 is 0 Å². The molecule has 9 heteroatoms. The molecule has 0 amide bonds. The molecule has 3 N–H and O–H groups in total. The van der Waals surface area contributed by atoms with Crippen molar-refractivity contribution in [3.8, 4) is 0 Å². The van der Waals surface area contributed by atoms with Crippen molar-refractivity contribution in [1.82, 2.24) is 20.3 Å². The van der Waals surface area contributed by atoms with E-state index in [0.717, 1.165) is 25.6 Å². The Balaban J connectivity index is 0.00000576. The lowest BCUT2D eigenvalue weighted by Gasteiger charge is -2.25. The molecule has 1 aliphatic heterocycles. The Kier molecular flexibility index (Phi) is 10.2. The zero-order chi connectivity index (χ0) is 18.5. The Bertz CT molecular complexity index is 537. The van der Waals surface area contributed by atoms with E-state index in [1.807, 2.05) is 20.8 Å². The number of aliphatic imine (C=N–C) groups is 1. The predicted molar refractivity (Wildman–Crippen MR) is 116 cm³/mol. The summed E-state index contributed by atoms with van der Waals surface area (Å²) in [6, 6.07) is 0.882. The standard InChI is InChI=1S/C16H35N5O2S.HI/c1-8-17-15(18-11-16(5,6)20-24(7,22)23)19-14-10-21(12(2)3)9-13(14)4;/h12-14,20H,8-11H2,1-7H3,(H2,17,18,19);1H. The van der Waals surface area contributed by atoms with E-state index in [0.29, 0.717) is 24.5 Å². The summed E-state index contributed by atoms with van der Waals surface area (Å²) in [5.41, 5.74) is -0.624. The van der Waals surface area contributed by atoms with Gasteiger partial charge in [0.25, 0.3) is 0 Å². The maximum Gasteiger partial charge on any atom is 0.209 e. The quantitative estimate of drug-likeness (QED) is 0.285. The number of hydrogen-bond acceptors (Lipinski definition) is 4. The van der Waals surface area contributed by atoms with Crippen LogP contribution in [0.2, 0.25) is 0 Å². The van der Waals surface area contributed by atoms with Gasteiger partial charge in [0.05, 0.1) is 12.8 Å². The van der Waals surface area contributed by atoms with Crippen molar-refractivity contribution < 1.29 is 8.42 Å². The zero-order valence-corrected chi connectivity index (χ0v) is 19.7. The highest BCUT2D eigenvalue weighted by Crippen LogP contribution is 2.18. The van der Waals surface area contributed by atoms with Crippen LogP contribution in [0.1, 0.15) is 41.5 Å². The van der Waals surface area contributed by atoms with Crippen LogP contribution in [0.3, 0.4) is 0 Å². The maximum atomic E-state index is 11.4. The number of guanidine groups is 1. The van der Waals surface area contributed by atoms with Crippen LogP contribution in [-0.4, -0.2) is 69.3 Å². The Morgan fingerprint density at radius 3 is 2.36 bits per heavy atom. The van der Waals surface area contributed by atoms with Crippen LogP contribution in [0.4, 0.5) is 0 Å². The van der Waals surface area contributed by atoms with Crippen molar-refractivity contribution >= 4 is 40.0 Å². The lowest BCUT2D eigenvalue weighted by molar-refractivity contribution is 0.265. The summed E-state index contributed by atoms with van der Waals surface area (Å²) in [5, 5.41) is 6.76. The second kappa shape index (κ2) is 10.3. The summed E-state index contributed by atoms with van der Waals surface area (Å²) >= 11 is 0. The second-order valence-electron chi connectivity index (χ2n) is 7.73. The molecule has 0 spiro atoms. The molecule has 1 rings (SSSR count). The first kappa shape index (κ1) is 24.9. The fourth-order valence-corrected chi connectivity index (χ4v) is 3.99. The molecule has 0 aromatic heterocycles. The molecular formula is C16H36IN5O2S. The van der Waals surface area contributed by atoms with Gasteiger partial charge in [-0.2, -0.15) is 0 Å². The fraction of sp³-hybridized carbons (Fsp3) is 0.938. The maximum absolute atomic E-state index is 11.4. The molecule has 2 unspecified atom stereocenters. The first-order valence-corrected chi connectivity index (χ1v) is 10.6. The summed E-state index contributed by atoms with van der Waals surface area (Å²) in [7, 11) is -3.26. The van der Waals surface area contributed by atoms with Crippen molar-refractivity contribution in [3.63, 3.8) is 0 Å². The number of hydrogen-bond donors (Lipinski definition) is 3. The van der Waals surface area contributed by atoms with Gasteiger partial charge in [-0.1, -0.05) is 6.92 Å². The van der Waals surface area contributed by atoms with Gasteiger partial charge in [-0.15, -0.1) is 24.0 Å². The van der Waals surface area contributed by atoms with Crippen LogP contribution in [0, 0.1) is 5.92 Å². The van der Waals surface area contributed by atoms with Crippen LogP contribution < -0.4 is 15.4 Å². The van der Waals surface area contributed by atoms with E-state index in [9.17, 15) is 8.42 Å². The Hall–Kier alpha value is -0.130. The van der Waals surface area contributed by atoms with Gasteiger partial charge < -0.3 is 10.6 Å². The number of nitrogens with zero attached hydrogens (tertiary/aromatic N) is 2.